The molecule has 98 valence electrons. The molecule has 1 fully saturated rings. The van der Waals surface area contributed by atoms with Crippen LogP contribution in [0.25, 0.3) is 6.08 Å². The average molecular weight is 277 g/mol. The molecular weight excluding hydrogens is 266 g/mol. The number of benzene rings is 1. The first-order valence-corrected chi connectivity index (χ1v) is 6.33. The van der Waals surface area contributed by atoms with Crippen molar-refractivity contribution in [3.63, 3.8) is 0 Å². The second kappa shape index (κ2) is 5.27. The molecule has 1 aromatic carbocycles. The summed E-state index contributed by atoms with van der Waals surface area (Å²) in [5, 5.41) is 8.10. The lowest BCUT2D eigenvalue weighted by atomic mass is 10.1. The zero-order chi connectivity index (χ0) is 14.0. The lowest BCUT2D eigenvalue weighted by Gasteiger charge is -2.07. The van der Waals surface area contributed by atoms with Crippen LogP contribution < -0.4 is 0 Å². The second-order valence-corrected chi connectivity index (χ2v) is 5.07. The summed E-state index contributed by atoms with van der Waals surface area (Å²) in [5.41, 5.74) is 1.85. The van der Waals surface area contributed by atoms with Gasteiger partial charge < -0.3 is 5.11 Å². The normalized spacial score (nSPS) is 17.3. The van der Waals surface area contributed by atoms with Crippen molar-refractivity contribution in [1.29, 1.82) is 0 Å². The van der Waals surface area contributed by atoms with E-state index in [4.69, 9.17) is 5.11 Å². The highest BCUT2D eigenvalue weighted by Crippen LogP contribution is 2.31. The third kappa shape index (κ3) is 3.03. The standard InChI is InChI=1S/C13H11NO4S/c1-8-3-2-4-9(5-8)6-10-12(17)14(7-11(15)16)13(18)19-10/h2-6H,7H2,1H3,(H,15,16)/b10-6-. The zero-order valence-corrected chi connectivity index (χ0v) is 10.9. The summed E-state index contributed by atoms with van der Waals surface area (Å²) in [5.74, 6) is -1.77. The maximum Gasteiger partial charge on any atom is 0.323 e. The van der Waals surface area contributed by atoms with Crippen LogP contribution in [-0.2, 0) is 9.59 Å². The summed E-state index contributed by atoms with van der Waals surface area (Å²) in [7, 11) is 0. The summed E-state index contributed by atoms with van der Waals surface area (Å²) >= 11 is 0.760. The van der Waals surface area contributed by atoms with Crippen molar-refractivity contribution < 1.29 is 19.5 Å². The van der Waals surface area contributed by atoms with Crippen molar-refractivity contribution in [2.45, 2.75) is 6.92 Å². The summed E-state index contributed by atoms with van der Waals surface area (Å²) in [6.45, 7) is 1.32. The van der Waals surface area contributed by atoms with Gasteiger partial charge in [-0.25, -0.2) is 0 Å². The van der Waals surface area contributed by atoms with E-state index in [0.29, 0.717) is 0 Å². The van der Waals surface area contributed by atoms with Gasteiger partial charge in [0.15, 0.2) is 0 Å². The van der Waals surface area contributed by atoms with Crippen molar-refractivity contribution >= 4 is 35.0 Å². The number of amides is 2. The number of nitrogens with zero attached hydrogens (tertiary/aromatic N) is 1. The number of rotatable bonds is 3. The van der Waals surface area contributed by atoms with Gasteiger partial charge in [0.1, 0.15) is 6.54 Å². The molecule has 6 heteroatoms. The Kier molecular flexibility index (Phi) is 3.71. The Morgan fingerprint density at radius 1 is 1.42 bits per heavy atom. The number of aliphatic carboxylic acids is 1. The van der Waals surface area contributed by atoms with E-state index in [0.717, 1.165) is 27.8 Å². The van der Waals surface area contributed by atoms with Crippen molar-refractivity contribution in [3.8, 4) is 0 Å². The Morgan fingerprint density at radius 2 is 2.16 bits per heavy atom. The SMILES string of the molecule is Cc1cccc(/C=C2\SC(=O)N(CC(=O)O)C2=O)c1. The summed E-state index contributed by atoms with van der Waals surface area (Å²) in [4.78, 5) is 35.0. The van der Waals surface area contributed by atoms with Crippen molar-refractivity contribution in [3.05, 3.63) is 40.3 Å². The van der Waals surface area contributed by atoms with Gasteiger partial charge in [-0.05, 0) is 30.3 Å². The molecule has 0 saturated carbocycles. The second-order valence-electron chi connectivity index (χ2n) is 4.08. The molecule has 2 rings (SSSR count). The van der Waals surface area contributed by atoms with E-state index >= 15 is 0 Å². The molecule has 1 aliphatic rings. The van der Waals surface area contributed by atoms with Crippen molar-refractivity contribution in [2.75, 3.05) is 6.54 Å². The van der Waals surface area contributed by atoms with Gasteiger partial charge in [0, 0.05) is 0 Å². The molecule has 0 spiro atoms. The van der Waals surface area contributed by atoms with E-state index in [1.165, 1.54) is 0 Å². The van der Waals surface area contributed by atoms with Crippen LogP contribution in [0.4, 0.5) is 4.79 Å². The molecule has 1 aromatic rings. The Bertz CT molecular complexity index is 594. The third-order valence-electron chi connectivity index (χ3n) is 2.51. The molecular formula is C13H11NO4S. The Morgan fingerprint density at radius 3 is 2.79 bits per heavy atom. The Hall–Kier alpha value is -2.08. The molecule has 2 amide bonds. The van der Waals surface area contributed by atoms with Gasteiger partial charge in [0.2, 0.25) is 0 Å². The molecule has 1 aliphatic heterocycles. The maximum atomic E-state index is 11.9. The predicted molar refractivity (Wildman–Crippen MR) is 71.5 cm³/mol. The number of hydrogen-bond donors (Lipinski definition) is 1. The number of carbonyl (C=O) groups excluding carboxylic acids is 2. The lowest BCUT2D eigenvalue weighted by molar-refractivity contribution is -0.140. The summed E-state index contributed by atoms with van der Waals surface area (Å²) in [6, 6.07) is 7.47. The van der Waals surface area contributed by atoms with Crippen molar-refractivity contribution in [2.24, 2.45) is 0 Å². The number of carboxylic acids is 1. The first kappa shape index (κ1) is 13.4. The van der Waals surface area contributed by atoms with Crippen LogP contribution in [0.2, 0.25) is 0 Å². The number of carboxylic acid groups (broad SMARTS) is 1. The molecule has 0 atom stereocenters. The molecule has 0 radical (unpaired) electrons. The minimum atomic E-state index is -1.21. The Balaban J connectivity index is 2.25. The van der Waals surface area contributed by atoms with Crippen LogP contribution in [-0.4, -0.2) is 33.7 Å². The van der Waals surface area contributed by atoms with E-state index in [1.54, 1.807) is 6.08 Å². The van der Waals surface area contributed by atoms with Crippen LogP contribution in [0.5, 0.6) is 0 Å². The molecule has 0 bridgehead atoms. The monoisotopic (exact) mass is 277 g/mol. The van der Waals surface area contributed by atoms with Crippen LogP contribution in [0, 0.1) is 6.92 Å². The zero-order valence-electron chi connectivity index (χ0n) is 10.1. The van der Waals surface area contributed by atoms with Crippen LogP contribution in [0.3, 0.4) is 0 Å². The largest absolute Gasteiger partial charge is 0.480 e. The van der Waals surface area contributed by atoms with Gasteiger partial charge in [-0.1, -0.05) is 29.8 Å². The fourth-order valence-electron chi connectivity index (χ4n) is 1.68. The molecule has 0 aromatic heterocycles. The van der Waals surface area contributed by atoms with Gasteiger partial charge in [0.05, 0.1) is 4.91 Å². The first-order valence-electron chi connectivity index (χ1n) is 5.51. The highest BCUT2D eigenvalue weighted by molar-refractivity contribution is 8.18. The smallest absolute Gasteiger partial charge is 0.323 e. The van der Waals surface area contributed by atoms with E-state index in [9.17, 15) is 14.4 Å². The molecule has 1 heterocycles. The summed E-state index contributed by atoms with van der Waals surface area (Å²) < 4.78 is 0. The summed E-state index contributed by atoms with van der Waals surface area (Å²) in [6.07, 6.45) is 1.60. The van der Waals surface area contributed by atoms with Gasteiger partial charge in [-0.2, -0.15) is 0 Å². The minimum absolute atomic E-state index is 0.247. The molecule has 5 nitrogen and oxygen atoms in total. The fraction of sp³-hybridized carbons (Fsp3) is 0.154. The number of imide groups is 1. The van der Waals surface area contributed by atoms with Crippen LogP contribution in [0.1, 0.15) is 11.1 Å². The van der Waals surface area contributed by atoms with E-state index < -0.39 is 23.7 Å². The molecule has 1 saturated heterocycles. The number of hydrogen-bond acceptors (Lipinski definition) is 4. The fourth-order valence-corrected chi connectivity index (χ4v) is 2.52. The number of thioether (sulfide) groups is 1. The van der Waals surface area contributed by atoms with Crippen LogP contribution in [0.15, 0.2) is 29.2 Å². The lowest BCUT2D eigenvalue weighted by Crippen LogP contribution is -2.33. The van der Waals surface area contributed by atoms with E-state index in [2.05, 4.69) is 0 Å². The number of aryl methyl sites for hydroxylation is 1. The number of carbonyl (C=O) groups is 3. The van der Waals surface area contributed by atoms with E-state index in [1.807, 2.05) is 31.2 Å². The molecule has 1 N–H and O–H groups in total. The van der Waals surface area contributed by atoms with Gasteiger partial charge in [-0.3, -0.25) is 19.3 Å². The topological polar surface area (TPSA) is 74.7 Å². The highest BCUT2D eigenvalue weighted by Gasteiger charge is 2.36. The highest BCUT2D eigenvalue weighted by atomic mass is 32.2. The molecule has 0 unspecified atom stereocenters. The van der Waals surface area contributed by atoms with Crippen LogP contribution >= 0.6 is 11.8 Å². The third-order valence-corrected chi connectivity index (χ3v) is 3.41. The molecule has 19 heavy (non-hydrogen) atoms. The average Bonchev–Trinajstić information content (AvgIpc) is 2.57. The van der Waals surface area contributed by atoms with Crippen molar-refractivity contribution in [1.82, 2.24) is 4.90 Å². The maximum absolute atomic E-state index is 11.9. The Labute approximate surface area is 113 Å². The van der Waals surface area contributed by atoms with Gasteiger partial charge >= 0.3 is 5.97 Å². The quantitative estimate of drug-likeness (QED) is 0.856. The first-order chi connectivity index (χ1) is 8.97. The van der Waals surface area contributed by atoms with E-state index in [-0.39, 0.29) is 4.91 Å². The van der Waals surface area contributed by atoms with Gasteiger partial charge in [-0.15, -0.1) is 0 Å². The minimum Gasteiger partial charge on any atom is -0.480 e. The van der Waals surface area contributed by atoms with Gasteiger partial charge in [0.25, 0.3) is 11.1 Å². The predicted octanol–water partition coefficient (Wildman–Crippen LogP) is 2.12. The molecule has 0 aliphatic carbocycles.